The van der Waals surface area contributed by atoms with E-state index in [0.717, 1.165) is 0 Å². The minimum atomic E-state index is -0.352. The number of hydrogen-bond donors (Lipinski definition) is 0. The van der Waals surface area contributed by atoms with Crippen molar-refractivity contribution in [2.24, 2.45) is 0 Å². The number of hydrogen-bond acceptors (Lipinski definition) is 7. The average Bonchev–Trinajstić information content (AvgIpc) is 2.30. The van der Waals surface area contributed by atoms with Crippen LogP contribution in [0.15, 0.2) is 24.5 Å². The second-order valence-electron chi connectivity index (χ2n) is 2.34. The fraction of sp³-hybridized carbons (Fsp3) is 0. The van der Waals surface area contributed by atoms with Gasteiger partial charge < -0.3 is 0 Å². The van der Waals surface area contributed by atoms with Gasteiger partial charge in [-0.2, -0.15) is 0 Å². The first-order chi connectivity index (χ1) is 6.88. The zero-order valence-corrected chi connectivity index (χ0v) is 6.90. The van der Waals surface area contributed by atoms with Gasteiger partial charge in [0.25, 0.3) is 0 Å². The molecule has 2 aromatic rings. The molecule has 0 fully saturated rings. The highest BCUT2D eigenvalue weighted by molar-refractivity contribution is 6.05. The van der Waals surface area contributed by atoms with Gasteiger partial charge in [0.05, 0.1) is 12.4 Å². The summed E-state index contributed by atoms with van der Waals surface area (Å²) in [6, 6.07) is 2.91. The summed E-state index contributed by atoms with van der Waals surface area (Å²) >= 11 is 0. The van der Waals surface area contributed by atoms with Gasteiger partial charge in [-0.3, -0.25) is 4.79 Å². The monoisotopic (exact) mass is 188 g/mol. The second kappa shape index (κ2) is 3.60. The first-order valence-corrected chi connectivity index (χ1v) is 3.71. The van der Waals surface area contributed by atoms with Crippen LogP contribution in [-0.4, -0.2) is 36.6 Å². The van der Waals surface area contributed by atoms with Gasteiger partial charge in [0.2, 0.25) is 5.78 Å². The third-order valence-corrected chi connectivity index (χ3v) is 1.47. The third kappa shape index (κ3) is 1.56. The van der Waals surface area contributed by atoms with Crippen molar-refractivity contribution in [1.82, 2.24) is 30.8 Å². The molecule has 0 aliphatic heterocycles. The van der Waals surface area contributed by atoms with E-state index < -0.39 is 0 Å². The molecule has 0 amide bonds. The van der Waals surface area contributed by atoms with E-state index >= 15 is 0 Å². The fourth-order valence-corrected chi connectivity index (χ4v) is 0.856. The zero-order valence-electron chi connectivity index (χ0n) is 6.90. The number of ketones is 1. The minimum Gasteiger partial charge on any atom is -0.285 e. The van der Waals surface area contributed by atoms with Crippen LogP contribution in [0.3, 0.4) is 0 Å². The average molecular weight is 188 g/mol. The zero-order chi connectivity index (χ0) is 9.80. The van der Waals surface area contributed by atoms with Crippen LogP contribution in [0, 0.1) is 0 Å². The molecule has 0 aliphatic rings. The molecule has 0 N–H and O–H groups in total. The highest BCUT2D eigenvalue weighted by Gasteiger charge is 2.12. The Hall–Kier alpha value is -2.31. The third-order valence-electron chi connectivity index (χ3n) is 1.47. The predicted molar refractivity (Wildman–Crippen MR) is 43.1 cm³/mol. The molecule has 0 atom stereocenters. The van der Waals surface area contributed by atoms with Crippen molar-refractivity contribution in [3.63, 3.8) is 0 Å². The quantitative estimate of drug-likeness (QED) is 0.574. The van der Waals surface area contributed by atoms with Gasteiger partial charge in [-0.15, -0.1) is 20.4 Å². The Labute approximate surface area is 78.2 Å². The topological polar surface area (TPSA) is 94.4 Å². The fourth-order valence-electron chi connectivity index (χ4n) is 0.856. The van der Waals surface area contributed by atoms with Crippen LogP contribution in [0.2, 0.25) is 0 Å². The molecule has 14 heavy (non-hydrogen) atoms. The Kier molecular flexibility index (Phi) is 2.14. The summed E-state index contributed by atoms with van der Waals surface area (Å²) in [6.07, 6.45) is 2.77. The SMILES string of the molecule is O=C(c1ccnnn1)c1ccnnn1. The summed E-state index contributed by atoms with van der Waals surface area (Å²) in [7, 11) is 0. The summed E-state index contributed by atoms with van der Waals surface area (Å²) in [5, 5.41) is 20.7. The Morgan fingerprint density at radius 1 is 0.929 bits per heavy atom. The maximum Gasteiger partial charge on any atom is 0.233 e. The van der Waals surface area contributed by atoms with Crippen LogP contribution in [0.1, 0.15) is 16.2 Å². The van der Waals surface area contributed by atoms with E-state index in [9.17, 15) is 4.79 Å². The van der Waals surface area contributed by atoms with Crippen molar-refractivity contribution >= 4 is 5.78 Å². The molecule has 7 nitrogen and oxygen atoms in total. The van der Waals surface area contributed by atoms with Crippen LogP contribution in [0.5, 0.6) is 0 Å². The van der Waals surface area contributed by atoms with Crippen molar-refractivity contribution in [1.29, 1.82) is 0 Å². The first-order valence-electron chi connectivity index (χ1n) is 3.71. The van der Waals surface area contributed by atoms with Gasteiger partial charge in [0.1, 0.15) is 11.4 Å². The number of aromatic nitrogens is 6. The van der Waals surface area contributed by atoms with Gasteiger partial charge in [-0.1, -0.05) is 0 Å². The van der Waals surface area contributed by atoms with Crippen molar-refractivity contribution in [2.75, 3.05) is 0 Å². The largest absolute Gasteiger partial charge is 0.285 e. The van der Waals surface area contributed by atoms with Gasteiger partial charge in [-0.25, -0.2) is 0 Å². The van der Waals surface area contributed by atoms with Gasteiger partial charge in [0.15, 0.2) is 0 Å². The normalized spacial score (nSPS) is 9.71. The van der Waals surface area contributed by atoms with Crippen molar-refractivity contribution in [2.45, 2.75) is 0 Å². The molecular weight excluding hydrogens is 184 g/mol. The maximum absolute atomic E-state index is 11.6. The van der Waals surface area contributed by atoms with E-state index in [4.69, 9.17) is 0 Å². The van der Waals surface area contributed by atoms with Crippen LogP contribution < -0.4 is 0 Å². The molecule has 0 radical (unpaired) electrons. The smallest absolute Gasteiger partial charge is 0.233 e. The summed E-state index contributed by atoms with van der Waals surface area (Å²) in [5.41, 5.74) is 0.362. The van der Waals surface area contributed by atoms with E-state index in [1.807, 2.05) is 0 Å². The van der Waals surface area contributed by atoms with Crippen LogP contribution >= 0.6 is 0 Å². The van der Waals surface area contributed by atoms with Gasteiger partial charge in [-0.05, 0) is 22.6 Å². The Morgan fingerprint density at radius 2 is 1.43 bits per heavy atom. The molecule has 2 rings (SSSR count). The molecule has 0 aliphatic carbocycles. The molecule has 0 unspecified atom stereocenters. The van der Waals surface area contributed by atoms with Crippen molar-refractivity contribution in [3.8, 4) is 0 Å². The molecule has 0 saturated heterocycles. The predicted octanol–water partition coefficient (Wildman–Crippen LogP) is -0.712. The number of rotatable bonds is 2. The van der Waals surface area contributed by atoms with Gasteiger partial charge in [0, 0.05) is 0 Å². The number of nitrogens with zero attached hydrogens (tertiary/aromatic N) is 6. The standard InChI is InChI=1S/C7H4N6O/c14-7(5-1-3-8-12-10-5)6-2-4-9-13-11-6/h1-4H. The van der Waals surface area contributed by atoms with Crippen molar-refractivity contribution in [3.05, 3.63) is 35.9 Å². The molecule has 0 spiro atoms. The van der Waals surface area contributed by atoms with E-state index in [1.165, 1.54) is 24.5 Å². The molecule has 0 aromatic carbocycles. The Morgan fingerprint density at radius 3 is 1.79 bits per heavy atom. The molecule has 0 bridgehead atoms. The molecule has 7 heteroatoms. The molecular formula is C7H4N6O. The summed E-state index contributed by atoms with van der Waals surface area (Å²) in [5.74, 6) is -0.352. The van der Waals surface area contributed by atoms with E-state index in [2.05, 4.69) is 30.8 Å². The Balaban J connectivity index is 2.35. The highest BCUT2D eigenvalue weighted by atomic mass is 16.1. The number of carbonyl (C=O) groups is 1. The lowest BCUT2D eigenvalue weighted by atomic mass is 10.2. The second-order valence-corrected chi connectivity index (χ2v) is 2.34. The van der Waals surface area contributed by atoms with E-state index in [0.29, 0.717) is 0 Å². The lowest BCUT2D eigenvalue weighted by molar-refractivity contribution is 0.102. The molecule has 2 aromatic heterocycles. The summed E-state index contributed by atoms with van der Waals surface area (Å²) in [4.78, 5) is 11.6. The number of carbonyl (C=O) groups excluding carboxylic acids is 1. The van der Waals surface area contributed by atoms with Crippen molar-refractivity contribution < 1.29 is 4.79 Å². The first kappa shape index (κ1) is 8.30. The van der Waals surface area contributed by atoms with Crippen LogP contribution in [0.25, 0.3) is 0 Å². The van der Waals surface area contributed by atoms with Crippen LogP contribution in [0.4, 0.5) is 0 Å². The highest BCUT2D eigenvalue weighted by Crippen LogP contribution is 2.00. The minimum absolute atomic E-state index is 0.181. The molecule has 0 saturated carbocycles. The van der Waals surface area contributed by atoms with Crippen LogP contribution in [-0.2, 0) is 0 Å². The van der Waals surface area contributed by atoms with E-state index in [-0.39, 0.29) is 17.2 Å². The lowest BCUT2D eigenvalue weighted by Gasteiger charge is -1.94. The maximum atomic E-state index is 11.6. The van der Waals surface area contributed by atoms with E-state index in [1.54, 1.807) is 0 Å². The Bertz CT molecular complexity index is 389. The van der Waals surface area contributed by atoms with Gasteiger partial charge >= 0.3 is 0 Å². The summed E-state index contributed by atoms with van der Waals surface area (Å²) in [6.45, 7) is 0. The lowest BCUT2D eigenvalue weighted by Crippen LogP contribution is -2.08. The molecule has 68 valence electrons. The molecule has 2 heterocycles. The summed E-state index contributed by atoms with van der Waals surface area (Å²) < 4.78 is 0.